The largest absolute Gasteiger partial charge is 0.465 e. The van der Waals surface area contributed by atoms with Crippen LogP contribution in [0.25, 0.3) is 0 Å². The van der Waals surface area contributed by atoms with Crippen LogP contribution < -0.4 is 0 Å². The van der Waals surface area contributed by atoms with Crippen molar-refractivity contribution in [3.8, 4) is 0 Å². The molecule has 0 radical (unpaired) electrons. The van der Waals surface area contributed by atoms with Crippen LogP contribution in [-0.4, -0.2) is 36.1 Å². The molecule has 0 aliphatic rings. The molecular weight excluding hydrogens is 224 g/mol. The first-order valence-electron chi connectivity index (χ1n) is 5.04. The molecule has 0 N–H and O–H groups in total. The number of rotatable bonds is 3. The van der Waals surface area contributed by atoms with Crippen molar-refractivity contribution < 1.29 is 19.1 Å². The van der Waals surface area contributed by atoms with E-state index in [0.717, 1.165) is 0 Å². The smallest absolute Gasteiger partial charge is 0.357 e. The molecule has 17 heavy (non-hydrogen) atoms. The Morgan fingerprint density at radius 2 is 1.76 bits per heavy atom. The zero-order chi connectivity index (χ0) is 13.0. The van der Waals surface area contributed by atoms with Gasteiger partial charge in [-0.1, -0.05) is 13.8 Å². The number of esters is 2. The summed E-state index contributed by atoms with van der Waals surface area (Å²) in [6, 6.07) is 0. The molecule has 0 bridgehead atoms. The first kappa shape index (κ1) is 13.1. The fourth-order valence-corrected chi connectivity index (χ4v) is 1.19. The zero-order valence-electron chi connectivity index (χ0n) is 10.2. The van der Waals surface area contributed by atoms with E-state index >= 15 is 0 Å². The number of aromatic nitrogens is 2. The highest BCUT2D eigenvalue weighted by Crippen LogP contribution is 2.13. The Morgan fingerprint density at radius 1 is 1.18 bits per heavy atom. The van der Waals surface area contributed by atoms with Gasteiger partial charge >= 0.3 is 11.9 Å². The van der Waals surface area contributed by atoms with Crippen LogP contribution in [-0.2, 0) is 9.47 Å². The van der Waals surface area contributed by atoms with Crippen LogP contribution in [0.5, 0.6) is 0 Å². The molecule has 0 amide bonds. The summed E-state index contributed by atoms with van der Waals surface area (Å²) in [5.74, 6) is -0.835. The number of hydrogen-bond donors (Lipinski definition) is 0. The maximum atomic E-state index is 11.5. The number of carbonyl (C=O) groups is 2. The van der Waals surface area contributed by atoms with E-state index in [2.05, 4.69) is 19.4 Å². The monoisotopic (exact) mass is 238 g/mol. The van der Waals surface area contributed by atoms with Crippen molar-refractivity contribution in [1.82, 2.24) is 9.97 Å². The summed E-state index contributed by atoms with van der Waals surface area (Å²) in [4.78, 5) is 31.0. The first-order chi connectivity index (χ1) is 8.01. The minimum Gasteiger partial charge on any atom is -0.465 e. The van der Waals surface area contributed by atoms with E-state index in [1.54, 1.807) is 0 Å². The van der Waals surface area contributed by atoms with Gasteiger partial charge < -0.3 is 9.47 Å². The van der Waals surface area contributed by atoms with Gasteiger partial charge in [-0.05, 0) is 0 Å². The second-order valence-corrected chi connectivity index (χ2v) is 3.63. The molecule has 6 nitrogen and oxygen atoms in total. The molecule has 0 saturated heterocycles. The summed E-state index contributed by atoms with van der Waals surface area (Å²) in [6.45, 7) is 3.77. The average Bonchev–Trinajstić information content (AvgIpc) is 2.35. The number of carbonyl (C=O) groups excluding carboxylic acids is 2. The maximum Gasteiger partial charge on any atom is 0.357 e. The summed E-state index contributed by atoms with van der Waals surface area (Å²) in [5.41, 5.74) is -0.0678. The van der Waals surface area contributed by atoms with Crippen LogP contribution in [0.4, 0.5) is 0 Å². The van der Waals surface area contributed by atoms with E-state index in [1.165, 1.54) is 20.4 Å². The van der Waals surface area contributed by atoms with Gasteiger partial charge in [-0.15, -0.1) is 0 Å². The standard InChI is InChI=1S/C11H14N2O4/c1-6(2)9-12-5-7(10(14)16-3)8(13-9)11(15)17-4/h5-6H,1-4H3. The Kier molecular flexibility index (Phi) is 4.14. The molecule has 0 unspecified atom stereocenters. The van der Waals surface area contributed by atoms with E-state index in [-0.39, 0.29) is 17.2 Å². The SMILES string of the molecule is COC(=O)c1cnc(C(C)C)nc1C(=O)OC. The second-order valence-electron chi connectivity index (χ2n) is 3.63. The Bertz CT molecular complexity index is 443. The molecule has 1 aromatic heterocycles. The Balaban J connectivity index is 3.31. The van der Waals surface area contributed by atoms with Gasteiger partial charge in [0.2, 0.25) is 0 Å². The molecule has 92 valence electrons. The Labute approximate surface area is 99.0 Å². The van der Waals surface area contributed by atoms with E-state index in [0.29, 0.717) is 5.82 Å². The van der Waals surface area contributed by atoms with Crippen LogP contribution in [0.1, 0.15) is 46.4 Å². The van der Waals surface area contributed by atoms with E-state index in [4.69, 9.17) is 0 Å². The van der Waals surface area contributed by atoms with Crippen molar-refractivity contribution in [2.24, 2.45) is 0 Å². The van der Waals surface area contributed by atoms with Gasteiger partial charge in [0.15, 0.2) is 5.69 Å². The fraction of sp³-hybridized carbons (Fsp3) is 0.455. The highest BCUT2D eigenvalue weighted by Gasteiger charge is 2.22. The molecule has 0 aliphatic heterocycles. The molecule has 1 rings (SSSR count). The first-order valence-corrected chi connectivity index (χ1v) is 5.04. The van der Waals surface area contributed by atoms with Crippen molar-refractivity contribution in [3.05, 3.63) is 23.3 Å². The van der Waals surface area contributed by atoms with Crippen molar-refractivity contribution in [2.45, 2.75) is 19.8 Å². The summed E-state index contributed by atoms with van der Waals surface area (Å²) < 4.78 is 9.11. The van der Waals surface area contributed by atoms with Gasteiger partial charge in [-0.3, -0.25) is 0 Å². The number of methoxy groups -OCH3 is 2. The number of ether oxygens (including phenoxy) is 2. The Morgan fingerprint density at radius 3 is 2.24 bits per heavy atom. The van der Waals surface area contributed by atoms with Crippen LogP contribution in [0.3, 0.4) is 0 Å². The highest BCUT2D eigenvalue weighted by atomic mass is 16.5. The van der Waals surface area contributed by atoms with Crippen molar-refractivity contribution in [1.29, 1.82) is 0 Å². The number of nitrogens with zero attached hydrogens (tertiary/aromatic N) is 2. The molecule has 6 heteroatoms. The minimum absolute atomic E-state index is 0.00347. The fourth-order valence-electron chi connectivity index (χ4n) is 1.19. The van der Waals surface area contributed by atoms with Crippen LogP contribution in [0, 0.1) is 0 Å². The van der Waals surface area contributed by atoms with Gasteiger partial charge in [-0.2, -0.15) is 0 Å². The molecule has 0 aromatic carbocycles. The predicted octanol–water partition coefficient (Wildman–Crippen LogP) is 1.17. The lowest BCUT2D eigenvalue weighted by atomic mass is 10.1. The summed E-state index contributed by atoms with van der Waals surface area (Å²) in [7, 11) is 2.44. The summed E-state index contributed by atoms with van der Waals surface area (Å²) >= 11 is 0. The normalized spacial score (nSPS) is 10.2. The van der Waals surface area contributed by atoms with Crippen molar-refractivity contribution >= 4 is 11.9 Å². The van der Waals surface area contributed by atoms with E-state index < -0.39 is 11.9 Å². The lowest BCUT2D eigenvalue weighted by Gasteiger charge is -2.08. The van der Waals surface area contributed by atoms with Crippen LogP contribution in [0.2, 0.25) is 0 Å². The van der Waals surface area contributed by atoms with Crippen molar-refractivity contribution in [2.75, 3.05) is 14.2 Å². The topological polar surface area (TPSA) is 78.4 Å². The summed E-state index contributed by atoms with van der Waals surface area (Å²) in [5, 5.41) is 0. The van der Waals surface area contributed by atoms with Gasteiger partial charge in [0.05, 0.1) is 14.2 Å². The van der Waals surface area contributed by atoms with Crippen LogP contribution in [0.15, 0.2) is 6.20 Å². The minimum atomic E-state index is -0.685. The lowest BCUT2D eigenvalue weighted by molar-refractivity contribution is 0.0548. The number of hydrogen-bond acceptors (Lipinski definition) is 6. The molecule has 0 saturated carbocycles. The maximum absolute atomic E-state index is 11.5. The quantitative estimate of drug-likeness (QED) is 0.735. The predicted molar refractivity (Wildman–Crippen MR) is 58.8 cm³/mol. The molecule has 0 spiro atoms. The third-order valence-corrected chi connectivity index (χ3v) is 2.11. The lowest BCUT2D eigenvalue weighted by Crippen LogP contribution is -2.16. The Hall–Kier alpha value is -1.98. The molecule has 1 aromatic rings. The van der Waals surface area contributed by atoms with Gasteiger partial charge in [-0.25, -0.2) is 19.6 Å². The van der Waals surface area contributed by atoms with Gasteiger partial charge in [0.25, 0.3) is 0 Å². The third kappa shape index (κ3) is 2.77. The molecule has 0 atom stereocenters. The molecule has 0 aliphatic carbocycles. The van der Waals surface area contributed by atoms with Gasteiger partial charge in [0, 0.05) is 12.1 Å². The molecule has 1 heterocycles. The second kappa shape index (κ2) is 5.38. The molecular formula is C11H14N2O4. The highest BCUT2D eigenvalue weighted by molar-refractivity contribution is 6.01. The van der Waals surface area contributed by atoms with E-state index in [1.807, 2.05) is 13.8 Å². The third-order valence-electron chi connectivity index (χ3n) is 2.11. The van der Waals surface area contributed by atoms with Crippen LogP contribution >= 0.6 is 0 Å². The summed E-state index contributed by atoms with van der Waals surface area (Å²) in [6.07, 6.45) is 1.28. The van der Waals surface area contributed by atoms with Crippen molar-refractivity contribution in [3.63, 3.8) is 0 Å². The van der Waals surface area contributed by atoms with E-state index in [9.17, 15) is 9.59 Å². The molecule has 0 fully saturated rings. The van der Waals surface area contributed by atoms with Gasteiger partial charge in [0.1, 0.15) is 11.4 Å². The average molecular weight is 238 g/mol. The zero-order valence-corrected chi connectivity index (χ0v) is 10.2.